The second-order valence-corrected chi connectivity index (χ2v) is 8.24. The Labute approximate surface area is 143 Å². The zero-order valence-corrected chi connectivity index (χ0v) is 14.8. The van der Waals surface area contributed by atoms with Crippen molar-refractivity contribution >= 4 is 5.91 Å². The highest BCUT2D eigenvalue weighted by atomic mass is 16.4. The molecule has 1 aromatic rings. The van der Waals surface area contributed by atoms with E-state index in [1.165, 1.54) is 25.7 Å². The normalized spacial score (nSPS) is 29.0. The molecule has 0 aromatic carbocycles. The number of piperidine rings is 2. The molecule has 132 valence electrons. The maximum absolute atomic E-state index is 12.2. The van der Waals surface area contributed by atoms with E-state index in [-0.39, 0.29) is 5.41 Å². The Morgan fingerprint density at radius 3 is 2.83 bits per heavy atom. The van der Waals surface area contributed by atoms with Gasteiger partial charge in [-0.25, -0.2) is 0 Å². The largest absolute Gasteiger partial charge is 0.424 e. The van der Waals surface area contributed by atoms with Crippen molar-refractivity contribution in [3.05, 3.63) is 11.8 Å². The number of hydrogen-bond donors (Lipinski definition) is 0. The molecule has 1 amide bonds. The van der Waals surface area contributed by atoms with Crippen molar-refractivity contribution < 1.29 is 9.21 Å². The summed E-state index contributed by atoms with van der Waals surface area (Å²) >= 11 is 0. The summed E-state index contributed by atoms with van der Waals surface area (Å²) in [6.45, 7) is 8.00. The minimum Gasteiger partial charge on any atom is -0.424 e. The highest BCUT2D eigenvalue weighted by Crippen LogP contribution is 2.41. The van der Waals surface area contributed by atoms with E-state index in [0.717, 1.165) is 44.4 Å². The molecule has 2 saturated heterocycles. The molecule has 1 spiro atoms. The number of likely N-dealkylation sites (tertiary alicyclic amines) is 2. The number of carbonyl (C=O) groups excluding carboxylic acids is 1. The molecule has 6 heteroatoms. The van der Waals surface area contributed by atoms with E-state index in [4.69, 9.17) is 4.42 Å². The van der Waals surface area contributed by atoms with Gasteiger partial charge in [0, 0.05) is 36.9 Å². The summed E-state index contributed by atoms with van der Waals surface area (Å²) in [6.07, 6.45) is 6.49. The first kappa shape index (κ1) is 16.1. The van der Waals surface area contributed by atoms with E-state index in [2.05, 4.69) is 33.8 Å². The van der Waals surface area contributed by atoms with Crippen molar-refractivity contribution in [3.63, 3.8) is 0 Å². The highest BCUT2D eigenvalue weighted by Gasteiger charge is 2.42. The summed E-state index contributed by atoms with van der Waals surface area (Å²) in [5.41, 5.74) is 0.246. The Hall–Kier alpha value is -1.43. The topological polar surface area (TPSA) is 62.5 Å². The van der Waals surface area contributed by atoms with Crippen molar-refractivity contribution in [2.24, 2.45) is 5.41 Å². The molecule has 0 N–H and O–H groups in total. The molecule has 3 heterocycles. The van der Waals surface area contributed by atoms with Crippen LogP contribution < -0.4 is 0 Å². The Morgan fingerprint density at radius 2 is 2.08 bits per heavy atom. The third-order valence-electron chi connectivity index (χ3n) is 5.83. The van der Waals surface area contributed by atoms with E-state index < -0.39 is 0 Å². The molecule has 3 fully saturated rings. The number of amides is 1. The number of hydrogen-bond acceptors (Lipinski definition) is 5. The predicted molar refractivity (Wildman–Crippen MR) is 89.3 cm³/mol. The summed E-state index contributed by atoms with van der Waals surface area (Å²) in [7, 11) is 0. The average Bonchev–Trinajstić information content (AvgIpc) is 3.30. The van der Waals surface area contributed by atoms with Gasteiger partial charge in [-0.3, -0.25) is 9.69 Å². The Bertz CT molecular complexity index is 610. The van der Waals surface area contributed by atoms with Gasteiger partial charge in [0.1, 0.15) is 0 Å². The van der Waals surface area contributed by atoms with Gasteiger partial charge in [0.05, 0.1) is 6.54 Å². The van der Waals surface area contributed by atoms with Gasteiger partial charge in [-0.1, -0.05) is 0 Å². The van der Waals surface area contributed by atoms with Crippen molar-refractivity contribution in [3.8, 4) is 0 Å². The van der Waals surface area contributed by atoms with Gasteiger partial charge in [0.15, 0.2) is 0 Å². The zero-order valence-electron chi connectivity index (χ0n) is 14.8. The summed E-state index contributed by atoms with van der Waals surface area (Å²) in [4.78, 5) is 16.7. The van der Waals surface area contributed by atoms with E-state index in [0.29, 0.717) is 24.3 Å². The van der Waals surface area contributed by atoms with Gasteiger partial charge in [0.2, 0.25) is 17.7 Å². The molecule has 6 nitrogen and oxygen atoms in total. The fourth-order valence-corrected chi connectivity index (χ4v) is 4.31. The second-order valence-electron chi connectivity index (χ2n) is 8.24. The zero-order chi connectivity index (χ0) is 16.7. The monoisotopic (exact) mass is 332 g/mol. The molecule has 0 unspecified atom stereocenters. The molecule has 1 aliphatic carbocycles. The fourth-order valence-electron chi connectivity index (χ4n) is 4.31. The first-order valence-corrected chi connectivity index (χ1v) is 9.39. The van der Waals surface area contributed by atoms with Crippen molar-refractivity contribution in [2.75, 3.05) is 19.6 Å². The van der Waals surface area contributed by atoms with Gasteiger partial charge in [0.25, 0.3) is 0 Å². The van der Waals surface area contributed by atoms with E-state index in [9.17, 15) is 4.79 Å². The standard InChI is InChI=1S/C18H28N4O2/c1-13(2)22-12-18(8-6-16(22)23)7-3-9-21(11-18)10-15-19-20-17(24-15)14-4-5-14/h13-14H,3-12H2,1-2H3/t18-/m0/s1. The van der Waals surface area contributed by atoms with Crippen molar-refractivity contribution in [2.45, 2.75) is 70.9 Å². The van der Waals surface area contributed by atoms with Crippen LogP contribution in [-0.4, -0.2) is 51.6 Å². The lowest BCUT2D eigenvalue weighted by atomic mass is 9.73. The van der Waals surface area contributed by atoms with Crippen LogP contribution in [0.2, 0.25) is 0 Å². The molecule has 1 aromatic heterocycles. The number of rotatable bonds is 4. The minimum absolute atomic E-state index is 0.246. The Kier molecular flexibility index (Phi) is 4.11. The maximum atomic E-state index is 12.2. The van der Waals surface area contributed by atoms with Crippen LogP contribution in [0, 0.1) is 5.41 Å². The smallest absolute Gasteiger partial charge is 0.230 e. The SMILES string of the molecule is CC(C)N1C[C@@]2(CCCN(Cc3nnc(C4CC4)o3)C2)CCC1=O. The molecule has 0 radical (unpaired) electrons. The highest BCUT2D eigenvalue weighted by molar-refractivity contribution is 5.77. The number of carbonyl (C=O) groups is 1. The van der Waals surface area contributed by atoms with Gasteiger partial charge in [-0.15, -0.1) is 10.2 Å². The van der Waals surface area contributed by atoms with Crippen molar-refractivity contribution in [1.29, 1.82) is 0 Å². The van der Waals surface area contributed by atoms with Crippen LogP contribution in [0.25, 0.3) is 0 Å². The molecule has 4 rings (SSSR count). The minimum atomic E-state index is 0.246. The molecular formula is C18H28N4O2. The van der Waals surface area contributed by atoms with Crippen LogP contribution in [0.15, 0.2) is 4.42 Å². The lowest BCUT2D eigenvalue weighted by Crippen LogP contribution is -2.55. The van der Waals surface area contributed by atoms with Crippen molar-refractivity contribution in [1.82, 2.24) is 20.0 Å². The molecule has 0 bridgehead atoms. The molecular weight excluding hydrogens is 304 g/mol. The summed E-state index contributed by atoms with van der Waals surface area (Å²) in [6, 6.07) is 0.294. The lowest BCUT2D eigenvalue weighted by molar-refractivity contribution is -0.141. The lowest BCUT2D eigenvalue weighted by Gasteiger charge is -2.49. The van der Waals surface area contributed by atoms with Gasteiger partial charge < -0.3 is 9.32 Å². The van der Waals surface area contributed by atoms with E-state index >= 15 is 0 Å². The Balaban J connectivity index is 1.41. The quantitative estimate of drug-likeness (QED) is 0.848. The summed E-state index contributed by atoms with van der Waals surface area (Å²) in [5, 5.41) is 8.43. The molecule has 2 aliphatic heterocycles. The summed E-state index contributed by atoms with van der Waals surface area (Å²) in [5.74, 6) is 2.41. The fraction of sp³-hybridized carbons (Fsp3) is 0.833. The Morgan fingerprint density at radius 1 is 1.25 bits per heavy atom. The van der Waals surface area contributed by atoms with Crippen LogP contribution in [0.1, 0.15) is 70.1 Å². The van der Waals surface area contributed by atoms with Crippen LogP contribution in [-0.2, 0) is 11.3 Å². The van der Waals surface area contributed by atoms with Crippen LogP contribution in [0.4, 0.5) is 0 Å². The third kappa shape index (κ3) is 3.21. The maximum Gasteiger partial charge on any atom is 0.230 e. The second kappa shape index (κ2) is 6.14. The third-order valence-corrected chi connectivity index (χ3v) is 5.83. The van der Waals surface area contributed by atoms with Gasteiger partial charge in [-0.2, -0.15) is 0 Å². The molecule has 1 atom stereocenters. The van der Waals surface area contributed by atoms with Crippen LogP contribution in [0.3, 0.4) is 0 Å². The molecule has 24 heavy (non-hydrogen) atoms. The predicted octanol–water partition coefficient (Wildman–Crippen LogP) is 2.56. The first-order valence-electron chi connectivity index (χ1n) is 9.39. The summed E-state index contributed by atoms with van der Waals surface area (Å²) < 4.78 is 5.83. The molecule has 1 saturated carbocycles. The van der Waals surface area contributed by atoms with Gasteiger partial charge in [-0.05, 0) is 52.5 Å². The van der Waals surface area contributed by atoms with Crippen LogP contribution in [0.5, 0.6) is 0 Å². The average molecular weight is 332 g/mol. The van der Waals surface area contributed by atoms with E-state index in [1.807, 2.05) is 0 Å². The molecule has 3 aliphatic rings. The van der Waals surface area contributed by atoms with Crippen LogP contribution >= 0.6 is 0 Å². The van der Waals surface area contributed by atoms with E-state index in [1.54, 1.807) is 0 Å². The first-order chi connectivity index (χ1) is 11.5. The van der Waals surface area contributed by atoms with Gasteiger partial charge >= 0.3 is 0 Å². The number of nitrogens with zero attached hydrogens (tertiary/aromatic N) is 4. The number of aromatic nitrogens is 2.